The van der Waals surface area contributed by atoms with E-state index in [9.17, 15) is 15.0 Å². The molecule has 0 radical (unpaired) electrons. The summed E-state index contributed by atoms with van der Waals surface area (Å²) in [6.45, 7) is 2.11. The first-order valence-electron chi connectivity index (χ1n) is 5.04. The number of unbranched alkanes of at least 4 members (excludes halogenated alkanes) is 2. The quantitative estimate of drug-likeness (QED) is 0.367. The van der Waals surface area contributed by atoms with Crippen molar-refractivity contribution < 1.29 is 44.6 Å². The first kappa shape index (κ1) is 16.8. The molecular formula is C10H19NaO3. The van der Waals surface area contributed by atoms with E-state index in [1.54, 1.807) is 0 Å². The molecule has 0 fully saturated rings. The zero-order valence-corrected chi connectivity index (χ0v) is 11.3. The molecule has 1 N–H and O–H groups in total. The molecule has 0 aliphatic rings. The SMILES string of the molecule is CCCCC[C@H](O)CCCC(=O)[O-].[Na+]. The maximum atomic E-state index is 10.0. The summed E-state index contributed by atoms with van der Waals surface area (Å²) in [6, 6.07) is 0. The Kier molecular flexibility index (Phi) is 13.8. The number of hydrogen-bond acceptors (Lipinski definition) is 3. The molecule has 14 heavy (non-hydrogen) atoms. The van der Waals surface area contributed by atoms with Crippen LogP contribution >= 0.6 is 0 Å². The number of carbonyl (C=O) groups is 1. The smallest absolute Gasteiger partial charge is 0.550 e. The Morgan fingerprint density at radius 3 is 2.36 bits per heavy atom. The van der Waals surface area contributed by atoms with Crippen molar-refractivity contribution in [2.45, 2.75) is 58.0 Å². The van der Waals surface area contributed by atoms with Gasteiger partial charge < -0.3 is 15.0 Å². The van der Waals surface area contributed by atoms with Crippen LogP contribution in [0.5, 0.6) is 0 Å². The van der Waals surface area contributed by atoms with Crippen LogP contribution in [0.15, 0.2) is 0 Å². The second-order valence-corrected chi connectivity index (χ2v) is 3.41. The van der Waals surface area contributed by atoms with Gasteiger partial charge in [-0.15, -0.1) is 0 Å². The van der Waals surface area contributed by atoms with Crippen LogP contribution in [0, 0.1) is 0 Å². The van der Waals surface area contributed by atoms with Crippen molar-refractivity contribution in [3.63, 3.8) is 0 Å². The molecular weight excluding hydrogens is 191 g/mol. The van der Waals surface area contributed by atoms with E-state index in [-0.39, 0.29) is 42.1 Å². The number of aliphatic carboxylic acids is 1. The summed E-state index contributed by atoms with van der Waals surface area (Å²) in [4.78, 5) is 10.0. The van der Waals surface area contributed by atoms with Gasteiger partial charge in [0.1, 0.15) is 0 Å². The van der Waals surface area contributed by atoms with Gasteiger partial charge in [-0.25, -0.2) is 0 Å². The Hall–Kier alpha value is 0.430. The zero-order valence-electron chi connectivity index (χ0n) is 9.29. The molecule has 3 nitrogen and oxygen atoms in total. The molecule has 78 valence electrons. The standard InChI is InChI=1S/C10H20O3.Na/c1-2-3-4-6-9(11)7-5-8-10(12)13;/h9,11H,2-8H2,1H3,(H,12,13);/q;+1/p-1/t9-;/m0./s1. The van der Waals surface area contributed by atoms with Crippen LogP contribution in [0.2, 0.25) is 0 Å². The fraction of sp³-hybridized carbons (Fsp3) is 0.900. The minimum atomic E-state index is -1.03. The summed E-state index contributed by atoms with van der Waals surface area (Å²) >= 11 is 0. The van der Waals surface area contributed by atoms with E-state index < -0.39 is 5.97 Å². The predicted molar refractivity (Wildman–Crippen MR) is 49.0 cm³/mol. The average Bonchev–Trinajstić information content (AvgIpc) is 2.04. The van der Waals surface area contributed by atoms with E-state index in [1.165, 1.54) is 0 Å². The maximum Gasteiger partial charge on any atom is 1.00 e. The molecule has 0 amide bonds. The number of aliphatic hydroxyl groups is 1. The van der Waals surface area contributed by atoms with Crippen LogP contribution < -0.4 is 34.7 Å². The van der Waals surface area contributed by atoms with Crippen LogP contribution in [-0.2, 0) is 4.79 Å². The van der Waals surface area contributed by atoms with Crippen molar-refractivity contribution in [3.05, 3.63) is 0 Å². The predicted octanol–water partition coefficient (Wildman–Crippen LogP) is -2.15. The molecule has 0 heterocycles. The van der Waals surface area contributed by atoms with Gasteiger partial charge in [0.15, 0.2) is 0 Å². The summed E-state index contributed by atoms with van der Waals surface area (Å²) in [5.41, 5.74) is 0. The Morgan fingerprint density at radius 2 is 1.86 bits per heavy atom. The van der Waals surface area contributed by atoms with Crippen molar-refractivity contribution in [1.29, 1.82) is 0 Å². The van der Waals surface area contributed by atoms with Crippen LogP contribution in [-0.4, -0.2) is 17.2 Å². The van der Waals surface area contributed by atoms with E-state index in [2.05, 4.69) is 6.92 Å². The number of hydrogen-bond donors (Lipinski definition) is 1. The summed E-state index contributed by atoms with van der Waals surface area (Å²) in [7, 11) is 0. The van der Waals surface area contributed by atoms with Gasteiger partial charge in [-0.05, 0) is 25.7 Å². The van der Waals surface area contributed by atoms with Gasteiger partial charge in [0.05, 0.1) is 6.10 Å². The number of rotatable bonds is 8. The summed E-state index contributed by atoms with van der Waals surface area (Å²) < 4.78 is 0. The van der Waals surface area contributed by atoms with Crippen LogP contribution in [0.4, 0.5) is 0 Å². The molecule has 1 atom stereocenters. The van der Waals surface area contributed by atoms with Crippen LogP contribution in [0.1, 0.15) is 51.9 Å². The molecule has 0 aliphatic carbocycles. The molecule has 0 aliphatic heterocycles. The molecule has 0 spiro atoms. The number of aliphatic hydroxyl groups excluding tert-OH is 1. The molecule has 0 aromatic rings. The molecule has 0 unspecified atom stereocenters. The molecule has 0 rings (SSSR count). The van der Waals surface area contributed by atoms with Crippen molar-refractivity contribution in [1.82, 2.24) is 0 Å². The van der Waals surface area contributed by atoms with Crippen LogP contribution in [0.3, 0.4) is 0 Å². The molecule has 0 saturated carbocycles. The Balaban J connectivity index is 0. The Labute approximate surface area is 108 Å². The monoisotopic (exact) mass is 210 g/mol. The second-order valence-electron chi connectivity index (χ2n) is 3.41. The maximum absolute atomic E-state index is 10.0. The van der Waals surface area contributed by atoms with Crippen molar-refractivity contribution in [2.24, 2.45) is 0 Å². The largest absolute Gasteiger partial charge is 1.00 e. The van der Waals surface area contributed by atoms with Crippen LogP contribution in [0.25, 0.3) is 0 Å². The minimum absolute atomic E-state index is 0. The van der Waals surface area contributed by atoms with E-state index in [0.29, 0.717) is 12.8 Å². The number of carboxylic acid groups (broad SMARTS) is 1. The topological polar surface area (TPSA) is 60.4 Å². The van der Waals surface area contributed by atoms with Crippen molar-refractivity contribution in [3.8, 4) is 0 Å². The number of carboxylic acids is 1. The van der Waals surface area contributed by atoms with E-state index in [0.717, 1.165) is 25.7 Å². The van der Waals surface area contributed by atoms with Gasteiger partial charge in [-0.2, -0.15) is 0 Å². The summed E-state index contributed by atoms with van der Waals surface area (Å²) in [5.74, 6) is -1.03. The van der Waals surface area contributed by atoms with Crippen molar-refractivity contribution in [2.75, 3.05) is 0 Å². The molecule has 4 heteroatoms. The second kappa shape index (κ2) is 11.5. The first-order valence-corrected chi connectivity index (χ1v) is 5.04. The molecule has 0 bridgehead atoms. The fourth-order valence-electron chi connectivity index (χ4n) is 1.26. The van der Waals surface area contributed by atoms with Gasteiger partial charge in [0.25, 0.3) is 0 Å². The third-order valence-corrected chi connectivity index (χ3v) is 2.06. The molecule has 0 aromatic carbocycles. The van der Waals surface area contributed by atoms with Gasteiger partial charge in [0.2, 0.25) is 0 Å². The van der Waals surface area contributed by atoms with E-state index in [4.69, 9.17) is 0 Å². The molecule has 0 aromatic heterocycles. The summed E-state index contributed by atoms with van der Waals surface area (Å²) in [5, 5.41) is 19.4. The third kappa shape index (κ3) is 12.4. The van der Waals surface area contributed by atoms with Gasteiger partial charge >= 0.3 is 29.6 Å². The van der Waals surface area contributed by atoms with E-state index in [1.807, 2.05) is 0 Å². The normalized spacial score (nSPS) is 11.9. The zero-order chi connectivity index (χ0) is 10.1. The third-order valence-electron chi connectivity index (χ3n) is 2.06. The van der Waals surface area contributed by atoms with Gasteiger partial charge in [-0.1, -0.05) is 26.2 Å². The van der Waals surface area contributed by atoms with Gasteiger partial charge in [0, 0.05) is 5.97 Å². The van der Waals surface area contributed by atoms with Gasteiger partial charge in [-0.3, -0.25) is 0 Å². The molecule has 0 saturated heterocycles. The van der Waals surface area contributed by atoms with Crippen molar-refractivity contribution >= 4 is 5.97 Å². The fourth-order valence-corrected chi connectivity index (χ4v) is 1.26. The minimum Gasteiger partial charge on any atom is -0.550 e. The Bertz CT molecular complexity index is 139. The first-order chi connectivity index (χ1) is 6.16. The van der Waals surface area contributed by atoms with E-state index >= 15 is 0 Å². The average molecular weight is 210 g/mol. The summed E-state index contributed by atoms with van der Waals surface area (Å²) in [6.07, 6.45) is 4.94. The number of carbonyl (C=O) groups excluding carboxylic acids is 1. The Morgan fingerprint density at radius 1 is 1.29 bits per heavy atom.